The Balaban J connectivity index is 0.935. The van der Waals surface area contributed by atoms with Gasteiger partial charge in [0.15, 0.2) is 23.0 Å². The van der Waals surface area contributed by atoms with E-state index in [9.17, 15) is 0 Å². The predicted octanol–water partition coefficient (Wildman–Crippen LogP) is 14.6. The number of nitrogens with zero attached hydrogens (tertiary/aromatic N) is 1. The first kappa shape index (κ1) is 28.8. The number of thiophene rings is 1. The molecule has 0 radical (unpaired) electrons. The summed E-state index contributed by atoms with van der Waals surface area (Å²) in [6.07, 6.45) is 0. The van der Waals surface area contributed by atoms with Crippen molar-refractivity contribution in [2.75, 3.05) is 4.90 Å². The van der Waals surface area contributed by atoms with Crippen molar-refractivity contribution in [3.05, 3.63) is 164 Å². The van der Waals surface area contributed by atoms with Crippen LogP contribution in [0.5, 0.6) is 23.0 Å². The van der Waals surface area contributed by atoms with E-state index in [0.29, 0.717) is 0 Å². The van der Waals surface area contributed by atoms with Gasteiger partial charge in [-0.3, -0.25) is 4.90 Å². The van der Waals surface area contributed by atoms with Crippen LogP contribution in [0.15, 0.2) is 168 Å². The molecule has 4 nitrogen and oxygen atoms in total. The smallest absolute Gasteiger partial charge is 0.155 e. The monoisotopic (exact) mass is 697 g/mol. The molecule has 0 aliphatic carbocycles. The molecule has 2 aromatic heterocycles. The Morgan fingerprint density at radius 2 is 0.981 bits per heavy atom. The molecule has 2 aliphatic rings. The lowest BCUT2D eigenvalue weighted by atomic mass is 9.96. The molecule has 8 aromatic carbocycles. The molecule has 0 unspecified atom stereocenters. The van der Waals surface area contributed by atoms with E-state index < -0.39 is 0 Å². The fraction of sp³-hybridized carbons (Fsp3) is 0. The Hall–Kier alpha value is -6.82. The molecule has 0 amide bonds. The summed E-state index contributed by atoms with van der Waals surface area (Å²) in [5, 5.41) is 4.85. The maximum atomic E-state index is 6.62. The maximum Gasteiger partial charge on any atom is 0.155 e. The number of furan rings is 1. The number of fused-ring (bicyclic) bond motifs is 10. The molecule has 4 heterocycles. The molecule has 53 heavy (non-hydrogen) atoms. The van der Waals surface area contributed by atoms with Gasteiger partial charge < -0.3 is 13.9 Å². The summed E-state index contributed by atoms with van der Waals surface area (Å²) in [6.45, 7) is 0. The van der Waals surface area contributed by atoms with Crippen LogP contribution in [0.25, 0.3) is 75.5 Å². The van der Waals surface area contributed by atoms with Crippen LogP contribution >= 0.6 is 11.3 Å². The zero-order valence-electron chi connectivity index (χ0n) is 28.2. The van der Waals surface area contributed by atoms with E-state index in [4.69, 9.17) is 13.9 Å². The summed E-state index contributed by atoms with van der Waals surface area (Å²) in [5.74, 6) is 3.12. The molecule has 0 bridgehead atoms. The summed E-state index contributed by atoms with van der Waals surface area (Å²) in [4.78, 5) is 2.28. The van der Waals surface area contributed by atoms with Crippen LogP contribution in [0.1, 0.15) is 0 Å². The normalized spacial score (nSPS) is 12.8. The molecule has 10 aromatic rings. The molecule has 0 atom stereocenters. The second kappa shape index (κ2) is 10.8. The molecule has 0 saturated heterocycles. The zero-order valence-corrected chi connectivity index (χ0v) is 29.0. The second-order valence-corrected chi connectivity index (χ2v) is 14.7. The van der Waals surface area contributed by atoms with E-state index in [1.807, 2.05) is 47.7 Å². The molecule has 0 N–H and O–H groups in total. The fourth-order valence-corrected chi connectivity index (χ4v) is 9.41. The summed E-state index contributed by atoms with van der Waals surface area (Å²) in [5.41, 5.74) is 11.5. The van der Waals surface area contributed by atoms with Gasteiger partial charge in [-0.15, -0.1) is 11.3 Å². The van der Waals surface area contributed by atoms with E-state index in [-0.39, 0.29) is 0 Å². The lowest BCUT2D eigenvalue weighted by Gasteiger charge is -2.38. The number of benzene rings is 8. The number of anilines is 3. The highest BCUT2D eigenvalue weighted by molar-refractivity contribution is 7.25. The first-order chi connectivity index (χ1) is 26.2. The van der Waals surface area contributed by atoms with E-state index in [1.165, 1.54) is 31.3 Å². The topological polar surface area (TPSA) is 34.8 Å². The van der Waals surface area contributed by atoms with Gasteiger partial charge in [0.2, 0.25) is 0 Å². The third-order valence-corrected chi connectivity index (χ3v) is 11.8. The van der Waals surface area contributed by atoms with Crippen molar-refractivity contribution >= 4 is 70.5 Å². The number of rotatable bonds is 3. The van der Waals surface area contributed by atoms with Crippen LogP contribution in [-0.2, 0) is 0 Å². The Morgan fingerprint density at radius 3 is 1.79 bits per heavy atom. The first-order valence-corrected chi connectivity index (χ1v) is 18.6. The third-order valence-electron chi connectivity index (χ3n) is 10.7. The molecular formula is C48H27NO3S. The third kappa shape index (κ3) is 4.23. The van der Waals surface area contributed by atoms with Crippen LogP contribution in [-0.4, -0.2) is 0 Å². The van der Waals surface area contributed by atoms with Gasteiger partial charge >= 0.3 is 0 Å². The summed E-state index contributed by atoms with van der Waals surface area (Å²) < 4.78 is 22.1. The average molecular weight is 698 g/mol. The van der Waals surface area contributed by atoms with Crippen LogP contribution in [0, 0.1) is 0 Å². The van der Waals surface area contributed by atoms with Crippen LogP contribution in [0.4, 0.5) is 17.1 Å². The Morgan fingerprint density at radius 1 is 0.396 bits per heavy atom. The van der Waals surface area contributed by atoms with Crippen LogP contribution < -0.4 is 14.4 Å². The highest BCUT2D eigenvalue weighted by Crippen LogP contribution is 2.60. The van der Waals surface area contributed by atoms with Crippen molar-refractivity contribution in [3.63, 3.8) is 0 Å². The molecule has 248 valence electrons. The second-order valence-electron chi connectivity index (χ2n) is 13.6. The van der Waals surface area contributed by atoms with E-state index in [1.54, 1.807) is 0 Å². The van der Waals surface area contributed by atoms with Gasteiger partial charge in [-0.2, -0.15) is 0 Å². The van der Waals surface area contributed by atoms with Gasteiger partial charge in [0.05, 0.1) is 11.4 Å². The maximum absolute atomic E-state index is 6.62. The van der Waals surface area contributed by atoms with E-state index in [2.05, 4.69) is 132 Å². The number of ether oxygens (including phenoxy) is 2. The minimum Gasteiger partial charge on any atom is -0.456 e. The SMILES string of the molecule is c1cc2c3c(c1)Oc1cc(-c4cccc5oc6ccccc6c45)ccc1N3c1ccc(-c3ccc(-c4cccc5sc6ccccc6c45)cc3)cc1O2. The number of para-hydroxylation sites is 2. The molecular weight excluding hydrogens is 671 g/mol. The Bertz CT molecular complexity index is 3140. The van der Waals surface area contributed by atoms with Crippen molar-refractivity contribution in [1.29, 1.82) is 0 Å². The summed E-state index contributed by atoms with van der Waals surface area (Å²) in [7, 11) is 0. The molecule has 0 saturated carbocycles. The lowest BCUT2D eigenvalue weighted by molar-refractivity contribution is 0.446. The van der Waals surface area contributed by atoms with E-state index >= 15 is 0 Å². The summed E-state index contributed by atoms with van der Waals surface area (Å²) in [6, 6.07) is 57.7. The lowest BCUT2D eigenvalue weighted by Crippen LogP contribution is -2.20. The first-order valence-electron chi connectivity index (χ1n) is 17.7. The predicted molar refractivity (Wildman–Crippen MR) is 218 cm³/mol. The average Bonchev–Trinajstić information content (AvgIpc) is 3.79. The molecule has 5 heteroatoms. The highest BCUT2D eigenvalue weighted by Gasteiger charge is 2.35. The van der Waals surface area contributed by atoms with Crippen molar-refractivity contribution in [1.82, 2.24) is 0 Å². The van der Waals surface area contributed by atoms with Crippen molar-refractivity contribution < 1.29 is 13.9 Å². The molecule has 2 aliphatic heterocycles. The van der Waals surface area contributed by atoms with Crippen molar-refractivity contribution in [2.45, 2.75) is 0 Å². The van der Waals surface area contributed by atoms with Gasteiger partial charge in [-0.1, -0.05) is 103 Å². The molecule has 12 rings (SSSR count). The van der Waals surface area contributed by atoms with Gasteiger partial charge in [-0.25, -0.2) is 0 Å². The number of hydrogen-bond donors (Lipinski definition) is 0. The standard InChI is InChI=1S/C48H27NO3S/c1-3-12-38-34(8-1)46-33(10-5-13-39(46)50-38)31-23-25-37-43(27-31)52-41-15-7-14-40-48(41)49(37)36-24-22-30(26-42(36)51-40)28-18-20-29(21-19-28)32-11-6-17-45-47(32)35-9-2-4-16-44(35)53-45/h1-27H. The molecule has 0 spiro atoms. The minimum absolute atomic E-state index is 0.762. The molecule has 0 fully saturated rings. The van der Waals surface area contributed by atoms with Gasteiger partial charge in [-0.05, 0) is 94.0 Å². The van der Waals surface area contributed by atoms with Crippen molar-refractivity contribution in [2.24, 2.45) is 0 Å². The van der Waals surface area contributed by atoms with Gasteiger partial charge in [0.1, 0.15) is 16.9 Å². The van der Waals surface area contributed by atoms with E-state index in [0.717, 1.165) is 84.3 Å². The van der Waals surface area contributed by atoms with Crippen molar-refractivity contribution in [3.8, 4) is 56.4 Å². The Labute approximate surface area is 308 Å². The highest BCUT2D eigenvalue weighted by atomic mass is 32.1. The minimum atomic E-state index is 0.762. The Kier molecular flexibility index (Phi) is 5.90. The van der Waals surface area contributed by atoms with Crippen LogP contribution in [0.3, 0.4) is 0 Å². The zero-order chi connectivity index (χ0) is 34.6. The largest absolute Gasteiger partial charge is 0.456 e. The van der Waals surface area contributed by atoms with Crippen LogP contribution in [0.2, 0.25) is 0 Å². The summed E-state index contributed by atoms with van der Waals surface area (Å²) >= 11 is 1.85. The fourth-order valence-electron chi connectivity index (χ4n) is 8.28. The quantitative estimate of drug-likeness (QED) is 0.184. The van der Waals surface area contributed by atoms with Gasteiger partial charge in [0, 0.05) is 30.9 Å². The van der Waals surface area contributed by atoms with Gasteiger partial charge in [0.25, 0.3) is 0 Å². The number of hydrogen-bond acceptors (Lipinski definition) is 5.